The van der Waals surface area contributed by atoms with Crippen LogP contribution < -0.4 is 0 Å². The maximum absolute atomic E-state index is 8.78. The topological polar surface area (TPSA) is 41.6 Å². The van der Waals surface area contributed by atoms with Crippen molar-refractivity contribution in [2.75, 3.05) is 0 Å². The lowest BCUT2D eigenvalue weighted by molar-refractivity contribution is 0.626. The van der Waals surface area contributed by atoms with E-state index in [4.69, 9.17) is 5.26 Å². The summed E-state index contributed by atoms with van der Waals surface area (Å²) in [4.78, 5) is 0. The minimum atomic E-state index is 0.632. The smallest absolute Gasteiger partial charge is 0.165 e. The summed E-state index contributed by atoms with van der Waals surface area (Å²) in [5.74, 6) is 0. The van der Waals surface area contributed by atoms with E-state index >= 15 is 0 Å². The maximum Gasteiger partial charge on any atom is 0.165 e. The van der Waals surface area contributed by atoms with Crippen LogP contribution in [0.1, 0.15) is 29.8 Å². The second-order valence-electron chi connectivity index (χ2n) is 3.22. The van der Waals surface area contributed by atoms with Gasteiger partial charge in [0.1, 0.15) is 6.07 Å². The van der Waals surface area contributed by atoms with Crippen LogP contribution in [0.5, 0.6) is 0 Å². The molecule has 1 aliphatic rings. The summed E-state index contributed by atoms with van der Waals surface area (Å²) >= 11 is 0. The number of aromatic nitrogens is 2. The lowest BCUT2D eigenvalue weighted by atomic mass is 9.96. The SMILES string of the molecule is Cn1nc(C#N)c2c1CCCC2. The van der Waals surface area contributed by atoms with E-state index in [0.717, 1.165) is 12.8 Å². The summed E-state index contributed by atoms with van der Waals surface area (Å²) in [5, 5.41) is 12.9. The summed E-state index contributed by atoms with van der Waals surface area (Å²) in [5.41, 5.74) is 3.08. The molecule has 1 aliphatic carbocycles. The Labute approximate surface area is 71.6 Å². The minimum Gasteiger partial charge on any atom is -0.271 e. The number of hydrogen-bond donors (Lipinski definition) is 0. The van der Waals surface area contributed by atoms with Crippen molar-refractivity contribution in [3.8, 4) is 6.07 Å². The van der Waals surface area contributed by atoms with Crippen LogP contribution in [0.25, 0.3) is 0 Å². The van der Waals surface area contributed by atoms with Crippen molar-refractivity contribution in [1.29, 1.82) is 5.26 Å². The second kappa shape index (κ2) is 2.63. The first kappa shape index (κ1) is 7.35. The molecular formula is C9H11N3. The molecule has 12 heavy (non-hydrogen) atoms. The van der Waals surface area contributed by atoms with Gasteiger partial charge in [0.15, 0.2) is 5.69 Å². The molecule has 0 radical (unpaired) electrons. The predicted octanol–water partition coefficient (Wildman–Crippen LogP) is 1.17. The average molecular weight is 161 g/mol. The fraction of sp³-hybridized carbons (Fsp3) is 0.556. The van der Waals surface area contributed by atoms with Crippen molar-refractivity contribution in [1.82, 2.24) is 9.78 Å². The first-order chi connectivity index (χ1) is 5.83. The third kappa shape index (κ3) is 0.918. The van der Waals surface area contributed by atoms with Crippen molar-refractivity contribution in [2.45, 2.75) is 25.7 Å². The zero-order valence-electron chi connectivity index (χ0n) is 7.17. The van der Waals surface area contributed by atoms with Gasteiger partial charge in [-0.05, 0) is 25.7 Å². The van der Waals surface area contributed by atoms with E-state index in [0.29, 0.717) is 5.69 Å². The van der Waals surface area contributed by atoms with Crippen LogP contribution in [0, 0.1) is 11.3 Å². The standard InChI is InChI=1S/C9H11N3/c1-12-9-5-3-2-4-7(9)8(6-10)11-12/h2-5H2,1H3. The summed E-state index contributed by atoms with van der Waals surface area (Å²) in [6, 6.07) is 2.14. The number of fused-ring (bicyclic) bond motifs is 1. The zero-order valence-corrected chi connectivity index (χ0v) is 7.17. The van der Waals surface area contributed by atoms with Crippen LogP contribution in [0.2, 0.25) is 0 Å². The van der Waals surface area contributed by atoms with Gasteiger partial charge >= 0.3 is 0 Å². The summed E-state index contributed by atoms with van der Waals surface area (Å²) < 4.78 is 1.85. The molecule has 62 valence electrons. The quantitative estimate of drug-likeness (QED) is 0.573. The Morgan fingerprint density at radius 1 is 1.42 bits per heavy atom. The van der Waals surface area contributed by atoms with Gasteiger partial charge in [0.2, 0.25) is 0 Å². The van der Waals surface area contributed by atoms with Gasteiger partial charge in [0.25, 0.3) is 0 Å². The Kier molecular flexibility index (Phi) is 1.61. The van der Waals surface area contributed by atoms with Crippen LogP contribution in [0.3, 0.4) is 0 Å². The third-order valence-electron chi connectivity index (χ3n) is 2.47. The maximum atomic E-state index is 8.78. The molecule has 0 aromatic carbocycles. The molecule has 0 amide bonds. The molecule has 1 aromatic heterocycles. The number of rotatable bonds is 0. The van der Waals surface area contributed by atoms with E-state index in [2.05, 4.69) is 11.2 Å². The first-order valence-corrected chi connectivity index (χ1v) is 4.28. The van der Waals surface area contributed by atoms with Crippen LogP contribution in [-0.2, 0) is 19.9 Å². The van der Waals surface area contributed by atoms with E-state index in [9.17, 15) is 0 Å². The molecule has 0 atom stereocenters. The predicted molar refractivity (Wildman–Crippen MR) is 44.6 cm³/mol. The Balaban J connectivity index is 2.56. The summed E-state index contributed by atoms with van der Waals surface area (Å²) in [7, 11) is 1.92. The number of nitrogens with zero attached hydrogens (tertiary/aromatic N) is 3. The largest absolute Gasteiger partial charge is 0.271 e. The van der Waals surface area contributed by atoms with Gasteiger partial charge in [0.05, 0.1) is 0 Å². The molecule has 0 N–H and O–H groups in total. The normalized spacial score (nSPS) is 15.3. The highest BCUT2D eigenvalue weighted by molar-refractivity contribution is 5.36. The highest BCUT2D eigenvalue weighted by atomic mass is 15.3. The molecule has 0 unspecified atom stereocenters. The Morgan fingerprint density at radius 3 is 2.92 bits per heavy atom. The van der Waals surface area contributed by atoms with E-state index in [1.165, 1.54) is 24.1 Å². The molecule has 1 heterocycles. The summed E-state index contributed by atoms with van der Waals surface area (Å²) in [6.07, 6.45) is 4.55. The van der Waals surface area contributed by atoms with Gasteiger partial charge in [-0.25, -0.2) is 0 Å². The van der Waals surface area contributed by atoms with Crippen LogP contribution in [0.4, 0.5) is 0 Å². The first-order valence-electron chi connectivity index (χ1n) is 4.28. The van der Waals surface area contributed by atoms with Crippen molar-refractivity contribution in [3.05, 3.63) is 17.0 Å². The molecule has 0 saturated carbocycles. The van der Waals surface area contributed by atoms with E-state index in [-0.39, 0.29) is 0 Å². The fourth-order valence-corrected chi connectivity index (χ4v) is 1.86. The molecule has 2 rings (SSSR count). The molecule has 0 spiro atoms. The molecule has 0 bridgehead atoms. The molecule has 3 heteroatoms. The lowest BCUT2D eigenvalue weighted by Crippen LogP contribution is -2.05. The van der Waals surface area contributed by atoms with Gasteiger partial charge in [-0.15, -0.1) is 0 Å². The van der Waals surface area contributed by atoms with Crippen LogP contribution in [-0.4, -0.2) is 9.78 Å². The number of aryl methyl sites for hydroxylation is 1. The number of hydrogen-bond acceptors (Lipinski definition) is 2. The lowest BCUT2D eigenvalue weighted by Gasteiger charge is -2.10. The molecular weight excluding hydrogens is 150 g/mol. The van der Waals surface area contributed by atoms with E-state index in [1.54, 1.807) is 0 Å². The second-order valence-corrected chi connectivity index (χ2v) is 3.22. The average Bonchev–Trinajstić information content (AvgIpc) is 2.44. The Morgan fingerprint density at radius 2 is 2.17 bits per heavy atom. The minimum absolute atomic E-state index is 0.632. The summed E-state index contributed by atoms with van der Waals surface area (Å²) in [6.45, 7) is 0. The van der Waals surface area contributed by atoms with Crippen LogP contribution in [0.15, 0.2) is 0 Å². The van der Waals surface area contributed by atoms with Crippen molar-refractivity contribution in [2.24, 2.45) is 7.05 Å². The Hall–Kier alpha value is -1.30. The van der Waals surface area contributed by atoms with Crippen molar-refractivity contribution < 1.29 is 0 Å². The third-order valence-corrected chi connectivity index (χ3v) is 2.47. The monoisotopic (exact) mass is 161 g/mol. The van der Waals surface area contributed by atoms with Gasteiger partial charge < -0.3 is 0 Å². The van der Waals surface area contributed by atoms with Gasteiger partial charge in [-0.1, -0.05) is 0 Å². The molecule has 1 aromatic rings. The van der Waals surface area contributed by atoms with Gasteiger partial charge in [-0.3, -0.25) is 4.68 Å². The fourth-order valence-electron chi connectivity index (χ4n) is 1.86. The van der Waals surface area contributed by atoms with Crippen LogP contribution >= 0.6 is 0 Å². The molecule has 3 nitrogen and oxygen atoms in total. The molecule has 0 saturated heterocycles. The van der Waals surface area contributed by atoms with Gasteiger partial charge in [0, 0.05) is 18.3 Å². The zero-order chi connectivity index (χ0) is 8.55. The van der Waals surface area contributed by atoms with E-state index in [1.807, 2.05) is 11.7 Å². The van der Waals surface area contributed by atoms with Crippen molar-refractivity contribution >= 4 is 0 Å². The molecule has 0 fully saturated rings. The van der Waals surface area contributed by atoms with E-state index < -0.39 is 0 Å². The highest BCUT2D eigenvalue weighted by Gasteiger charge is 2.18. The number of nitriles is 1. The van der Waals surface area contributed by atoms with Gasteiger partial charge in [-0.2, -0.15) is 10.4 Å². The Bertz CT molecular complexity index is 343. The molecule has 0 aliphatic heterocycles. The van der Waals surface area contributed by atoms with Crippen molar-refractivity contribution in [3.63, 3.8) is 0 Å². The highest BCUT2D eigenvalue weighted by Crippen LogP contribution is 2.22.